The van der Waals surface area contributed by atoms with Crippen molar-refractivity contribution in [3.05, 3.63) is 56.7 Å². The second-order valence-corrected chi connectivity index (χ2v) is 6.43. The van der Waals surface area contributed by atoms with E-state index in [9.17, 15) is 0 Å². The normalized spacial score (nSPS) is 12.6. The van der Waals surface area contributed by atoms with Crippen LogP contribution in [0.4, 0.5) is 0 Å². The van der Waals surface area contributed by atoms with E-state index in [1.807, 2.05) is 0 Å². The number of hydrogen-bond donors (Lipinski definition) is 1. The van der Waals surface area contributed by atoms with Crippen LogP contribution in [0.2, 0.25) is 0 Å². The molecule has 0 aliphatic rings. The third-order valence-electron chi connectivity index (χ3n) is 2.61. The molecule has 3 heteroatoms. The van der Waals surface area contributed by atoms with Crippen molar-refractivity contribution in [2.45, 2.75) is 19.4 Å². The first-order valence-corrected chi connectivity index (χ1v) is 7.45. The van der Waals surface area contributed by atoms with E-state index in [0.29, 0.717) is 6.04 Å². The lowest BCUT2D eigenvalue weighted by Crippen LogP contribution is -2.22. The van der Waals surface area contributed by atoms with Crippen molar-refractivity contribution < 1.29 is 0 Å². The molecule has 0 aliphatic heterocycles. The molecule has 0 fully saturated rings. The van der Waals surface area contributed by atoms with Gasteiger partial charge in [-0.3, -0.25) is 0 Å². The molecule has 1 heterocycles. The summed E-state index contributed by atoms with van der Waals surface area (Å²) in [6.45, 7) is 3.23. The van der Waals surface area contributed by atoms with Gasteiger partial charge in [0.25, 0.3) is 0 Å². The molecule has 2 aromatic rings. The van der Waals surface area contributed by atoms with Crippen LogP contribution in [0, 0.1) is 0 Å². The molecule has 1 unspecified atom stereocenters. The second kappa shape index (κ2) is 6.34. The summed E-state index contributed by atoms with van der Waals surface area (Å²) in [6, 6.07) is 15.2. The highest BCUT2D eigenvalue weighted by Gasteiger charge is 2.14. The van der Waals surface area contributed by atoms with E-state index in [1.54, 1.807) is 11.3 Å². The molecule has 2 rings (SSSR count). The first-order chi connectivity index (χ1) is 8.31. The van der Waals surface area contributed by atoms with Crippen LogP contribution in [0.5, 0.6) is 0 Å². The Morgan fingerprint density at radius 2 is 1.94 bits per heavy atom. The number of thiophene rings is 1. The molecule has 1 aromatic carbocycles. The molecule has 0 aliphatic carbocycles. The summed E-state index contributed by atoms with van der Waals surface area (Å²) >= 11 is 5.33. The molecule has 90 valence electrons. The molecule has 0 saturated heterocycles. The molecule has 1 atom stereocenters. The second-order valence-electron chi connectivity index (χ2n) is 3.94. The smallest absolute Gasteiger partial charge is 0.0702 e. The molecule has 1 aromatic heterocycles. The summed E-state index contributed by atoms with van der Waals surface area (Å²) in [5.41, 5.74) is 1.33. The maximum absolute atomic E-state index is 3.60. The Kier molecular flexibility index (Phi) is 4.77. The Balaban J connectivity index is 2.25. The molecule has 1 N–H and O–H groups in total. The Bertz CT molecular complexity index is 452. The van der Waals surface area contributed by atoms with Crippen LogP contribution in [0.25, 0.3) is 0 Å². The van der Waals surface area contributed by atoms with E-state index in [1.165, 1.54) is 14.2 Å². The van der Waals surface area contributed by atoms with E-state index in [-0.39, 0.29) is 0 Å². The van der Waals surface area contributed by atoms with E-state index in [4.69, 9.17) is 0 Å². The number of hydrogen-bond acceptors (Lipinski definition) is 2. The fourth-order valence-corrected chi connectivity index (χ4v) is 3.33. The van der Waals surface area contributed by atoms with Crippen LogP contribution in [-0.4, -0.2) is 6.54 Å². The van der Waals surface area contributed by atoms with E-state index in [2.05, 4.69) is 70.6 Å². The summed E-state index contributed by atoms with van der Waals surface area (Å²) in [5.74, 6) is 0. The van der Waals surface area contributed by atoms with Gasteiger partial charge in [0.05, 0.1) is 9.83 Å². The summed E-state index contributed by atoms with van der Waals surface area (Å²) in [4.78, 5) is 1.36. The molecular weight excluding hydrogens is 294 g/mol. The molecule has 0 radical (unpaired) electrons. The van der Waals surface area contributed by atoms with Crippen molar-refractivity contribution in [1.29, 1.82) is 0 Å². The highest BCUT2D eigenvalue weighted by molar-refractivity contribution is 9.11. The van der Waals surface area contributed by atoms with Gasteiger partial charge in [0.2, 0.25) is 0 Å². The van der Waals surface area contributed by atoms with Crippen molar-refractivity contribution in [2.75, 3.05) is 6.54 Å². The van der Waals surface area contributed by atoms with E-state index >= 15 is 0 Å². The SMILES string of the molecule is CCCNC(c1ccccc1)c1ccc(Br)s1. The number of benzene rings is 1. The quantitative estimate of drug-likeness (QED) is 0.851. The lowest BCUT2D eigenvalue weighted by Gasteiger charge is -2.17. The summed E-state index contributed by atoms with van der Waals surface area (Å²) in [5, 5.41) is 3.60. The molecule has 0 saturated carbocycles. The van der Waals surface area contributed by atoms with Gasteiger partial charge in [0, 0.05) is 4.88 Å². The van der Waals surface area contributed by atoms with Crippen LogP contribution in [0.15, 0.2) is 46.3 Å². The van der Waals surface area contributed by atoms with Gasteiger partial charge in [-0.15, -0.1) is 11.3 Å². The fraction of sp³-hybridized carbons (Fsp3) is 0.286. The van der Waals surface area contributed by atoms with E-state index in [0.717, 1.165) is 13.0 Å². The molecular formula is C14H16BrNS. The summed E-state index contributed by atoms with van der Waals surface area (Å²) < 4.78 is 1.19. The van der Waals surface area contributed by atoms with Gasteiger partial charge in [-0.05, 0) is 46.6 Å². The largest absolute Gasteiger partial charge is 0.306 e. The lowest BCUT2D eigenvalue weighted by atomic mass is 10.1. The highest BCUT2D eigenvalue weighted by atomic mass is 79.9. The summed E-state index contributed by atoms with van der Waals surface area (Å²) in [7, 11) is 0. The van der Waals surface area contributed by atoms with Crippen molar-refractivity contribution in [3.63, 3.8) is 0 Å². The molecule has 0 spiro atoms. The van der Waals surface area contributed by atoms with E-state index < -0.39 is 0 Å². The molecule has 0 amide bonds. The van der Waals surface area contributed by atoms with Gasteiger partial charge < -0.3 is 5.32 Å². The standard InChI is InChI=1S/C14H16BrNS/c1-2-10-16-14(11-6-4-3-5-7-11)12-8-9-13(15)17-12/h3-9,14,16H,2,10H2,1H3. The first kappa shape index (κ1) is 12.8. The van der Waals surface area contributed by atoms with Gasteiger partial charge in [0.1, 0.15) is 0 Å². The minimum absolute atomic E-state index is 0.312. The van der Waals surface area contributed by atoms with Crippen molar-refractivity contribution in [2.24, 2.45) is 0 Å². The minimum Gasteiger partial charge on any atom is -0.306 e. The number of nitrogens with one attached hydrogen (secondary N) is 1. The zero-order valence-corrected chi connectivity index (χ0v) is 12.2. The number of rotatable bonds is 5. The maximum Gasteiger partial charge on any atom is 0.0702 e. The van der Waals surface area contributed by atoms with Gasteiger partial charge in [0.15, 0.2) is 0 Å². The maximum atomic E-state index is 3.60. The molecule has 17 heavy (non-hydrogen) atoms. The van der Waals surface area contributed by atoms with Crippen molar-refractivity contribution in [3.8, 4) is 0 Å². The molecule has 0 bridgehead atoms. The van der Waals surface area contributed by atoms with Crippen LogP contribution < -0.4 is 5.32 Å². The summed E-state index contributed by atoms with van der Waals surface area (Å²) in [6.07, 6.45) is 1.15. The van der Waals surface area contributed by atoms with Crippen LogP contribution >= 0.6 is 27.3 Å². The highest BCUT2D eigenvalue weighted by Crippen LogP contribution is 2.31. The van der Waals surface area contributed by atoms with Gasteiger partial charge in [-0.25, -0.2) is 0 Å². The monoisotopic (exact) mass is 309 g/mol. The Labute approximate surface area is 115 Å². The average molecular weight is 310 g/mol. The third-order valence-corrected chi connectivity index (χ3v) is 4.30. The lowest BCUT2D eigenvalue weighted by molar-refractivity contribution is 0.606. The van der Waals surface area contributed by atoms with Crippen LogP contribution in [0.1, 0.15) is 29.8 Å². The van der Waals surface area contributed by atoms with Crippen LogP contribution in [-0.2, 0) is 0 Å². The zero-order chi connectivity index (χ0) is 12.1. The predicted molar refractivity (Wildman–Crippen MR) is 78.6 cm³/mol. The predicted octanol–water partition coefficient (Wildman–Crippen LogP) is 4.60. The van der Waals surface area contributed by atoms with Gasteiger partial charge >= 0.3 is 0 Å². The third kappa shape index (κ3) is 3.41. The average Bonchev–Trinajstić information content (AvgIpc) is 2.78. The van der Waals surface area contributed by atoms with Crippen molar-refractivity contribution >= 4 is 27.3 Å². The first-order valence-electron chi connectivity index (χ1n) is 5.85. The Morgan fingerprint density at radius 3 is 2.53 bits per heavy atom. The number of halogens is 1. The molecule has 1 nitrogen and oxygen atoms in total. The zero-order valence-electron chi connectivity index (χ0n) is 9.82. The van der Waals surface area contributed by atoms with Crippen LogP contribution in [0.3, 0.4) is 0 Å². The minimum atomic E-state index is 0.312. The van der Waals surface area contributed by atoms with Crippen molar-refractivity contribution in [1.82, 2.24) is 5.32 Å². The Hall–Kier alpha value is -0.640. The fourth-order valence-electron chi connectivity index (χ4n) is 1.80. The topological polar surface area (TPSA) is 12.0 Å². The van der Waals surface area contributed by atoms with Gasteiger partial charge in [-0.1, -0.05) is 37.3 Å². The van der Waals surface area contributed by atoms with Gasteiger partial charge in [-0.2, -0.15) is 0 Å². The Morgan fingerprint density at radius 1 is 1.18 bits per heavy atom.